The number of hydrogen-bond donors (Lipinski definition) is 1. The van der Waals surface area contributed by atoms with E-state index in [2.05, 4.69) is 38.2 Å². The summed E-state index contributed by atoms with van der Waals surface area (Å²) in [5.41, 5.74) is -0.00187. The van der Waals surface area contributed by atoms with Gasteiger partial charge in [0.2, 0.25) is 0 Å². The molecule has 0 heterocycles. The molecule has 1 atom stereocenters. The van der Waals surface area contributed by atoms with Gasteiger partial charge in [0.1, 0.15) is 0 Å². The highest BCUT2D eigenvalue weighted by molar-refractivity contribution is 4.75. The van der Waals surface area contributed by atoms with Crippen LogP contribution in [0.3, 0.4) is 0 Å². The van der Waals surface area contributed by atoms with Crippen LogP contribution in [0.1, 0.15) is 26.7 Å². The number of rotatable bonds is 8. The van der Waals surface area contributed by atoms with Crippen LogP contribution in [0.15, 0.2) is 0 Å². The molecule has 0 fully saturated rings. The first-order valence-corrected chi connectivity index (χ1v) is 5.44. The third kappa shape index (κ3) is 6.35. The van der Waals surface area contributed by atoms with E-state index in [1.807, 2.05) is 0 Å². The molecule has 0 saturated heterocycles. The van der Waals surface area contributed by atoms with Crippen LogP contribution >= 0.6 is 0 Å². The van der Waals surface area contributed by atoms with E-state index >= 15 is 0 Å². The Morgan fingerprint density at radius 1 is 1.36 bits per heavy atom. The van der Waals surface area contributed by atoms with Gasteiger partial charge in [0.25, 0.3) is 0 Å². The van der Waals surface area contributed by atoms with Crippen molar-refractivity contribution in [1.82, 2.24) is 10.2 Å². The van der Waals surface area contributed by atoms with E-state index in [1.54, 1.807) is 7.11 Å². The summed E-state index contributed by atoms with van der Waals surface area (Å²) in [7, 11) is 5.99. The van der Waals surface area contributed by atoms with Crippen molar-refractivity contribution in [2.75, 3.05) is 40.8 Å². The first-order chi connectivity index (χ1) is 6.54. The van der Waals surface area contributed by atoms with Crippen molar-refractivity contribution in [2.45, 2.75) is 32.3 Å². The molecule has 0 aromatic carbocycles. The third-order valence-electron chi connectivity index (χ3n) is 2.70. The Morgan fingerprint density at radius 2 is 2.00 bits per heavy atom. The molecule has 0 bridgehead atoms. The van der Waals surface area contributed by atoms with Gasteiger partial charge in [-0.05, 0) is 47.0 Å². The summed E-state index contributed by atoms with van der Waals surface area (Å²) in [4.78, 5) is 2.21. The number of hydrogen-bond acceptors (Lipinski definition) is 3. The maximum absolute atomic E-state index is 5.44. The Balaban J connectivity index is 3.43. The van der Waals surface area contributed by atoms with Crippen molar-refractivity contribution >= 4 is 0 Å². The standard InChI is InChI=1S/C11H26N2O/c1-6-11(2,14-5)10-12-8-7-9-13(3)4/h12H,6-10H2,1-5H3. The molecule has 0 radical (unpaired) electrons. The fraction of sp³-hybridized carbons (Fsp3) is 1.00. The van der Waals surface area contributed by atoms with E-state index in [9.17, 15) is 0 Å². The quantitative estimate of drug-likeness (QED) is 0.601. The van der Waals surface area contributed by atoms with Crippen molar-refractivity contribution in [2.24, 2.45) is 0 Å². The predicted octanol–water partition coefficient (Wildman–Crippen LogP) is 1.34. The summed E-state index contributed by atoms with van der Waals surface area (Å²) < 4.78 is 5.44. The minimum Gasteiger partial charge on any atom is -0.377 e. The lowest BCUT2D eigenvalue weighted by Crippen LogP contribution is -2.39. The topological polar surface area (TPSA) is 24.5 Å². The first-order valence-electron chi connectivity index (χ1n) is 5.44. The lowest BCUT2D eigenvalue weighted by Gasteiger charge is -2.27. The van der Waals surface area contributed by atoms with Crippen molar-refractivity contribution in [3.8, 4) is 0 Å². The highest BCUT2D eigenvalue weighted by Crippen LogP contribution is 2.11. The Morgan fingerprint density at radius 3 is 2.43 bits per heavy atom. The van der Waals surface area contributed by atoms with Gasteiger partial charge in [-0.15, -0.1) is 0 Å². The Hall–Kier alpha value is -0.120. The molecule has 0 aliphatic carbocycles. The van der Waals surface area contributed by atoms with Gasteiger partial charge in [-0.1, -0.05) is 6.92 Å². The molecule has 0 rings (SSSR count). The Labute approximate surface area is 88.8 Å². The van der Waals surface area contributed by atoms with Gasteiger partial charge in [-0.25, -0.2) is 0 Å². The molecule has 0 aromatic rings. The summed E-state index contributed by atoms with van der Waals surface area (Å²) in [5, 5.41) is 3.43. The SMILES string of the molecule is CCC(C)(CNCCCN(C)C)OC. The highest BCUT2D eigenvalue weighted by Gasteiger charge is 2.19. The molecule has 0 aliphatic heterocycles. The van der Waals surface area contributed by atoms with Crippen LogP contribution in [0.5, 0.6) is 0 Å². The summed E-state index contributed by atoms with van der Waals surface area (Å²) in [6, 6.07) is 0. The van der Waals surface area contributed by atoms with Gasteiger partial charge >= 0.3 is 0 Å². The number of methoxy groups -OCH3 is 1. The van der Waals surface area contributed by atoms with Crippen molar-refractivity contribution < 1.29 is 4.74 Å². The number of nitrogens with one attached hydrogen (secondary N) is 1. The highest BCUT2D eigenvalue weighted by atomic mass is 16.5. The van der Waals surface area contributed by atoms with Gasteiger partial charge in [-0.2, -0.15) is 0 Å². The van der Waals surface area contributed by atoms with E-state index in [-0.39, 0.29) is 5.60 Å². The van der Waals surface area contributed by atoms with Crippen LogP contribution in [0.4, 0.5) is 0 Å². The fourth-order valence-corrected chi connectivity index (χ4v) is 1.21. The Kier molecular flexibility index (Phi) is 7.15. The van der Waals surface area contributed by atoms with Crippen LogP contribution in [-0.2, 0) is 4.74 Å². The number of nitrogens with zero attached hydrogens (tertiary/aromatic N) is 1. The molecule has 0 aromatic heterocycles. The molecule has 1 N–H and O–H groups in total. The van der Waals surface area contributed by atoms with Crippen LogP contribution in [0.2, 0.25) is 0 Å². The van der Waals surface area contributed by atoms with Crippen LogP contribution in [0, 0.1) is 0 Å². The van der Waals surface area contributed by atoms with E-state index in [0.717, 1.165) is 26.1 Å². The summed E-state index contributed by atoms with van der Waals surface area (Å²) in [6.45, 7) is 7.45. The molecule has 14 heavy (non-hydrogen) atoms. The van der Waals surface area contributed by atoms with Crippen LogP contribution in [0.25, 0.3) is 0 Å². The molecular weight excluding hydrogens is 176 g/mol. The molecule has 1 unspecified atom stereocenters. The molecule has 0 amide bonds. The van der Waals surface area contributed by atoms with Gasteiger partial charge in [-0.3, -0.25) is 0 Å². The van der Waals surface area contributed by atoms with E-state index in [1.165, 1.54) is 6.42 Å². The minimum absolute atomic E-state index is 0.00187. The van der Waals surface area contributed by atoms with Gasteiger partial charge < -0.3 is 15.0 Å². The second-order valence-corrected chi connectivity index (χ2v) is 4.34. The molecule has 0 aliphatic rings. The Bertz CT molecular complexity index is 133. The van der Waals surface area contributed by atoms with E-state index in [4.69, 9.17) is 4.74 Å². The molecule has 3 heteroatoms. The van der Waals surface area contributed by atoms with Gasteiger partial charge in [0.05, 0.1) is 5.60 Å². The molecule has 0 spiro atoms. The second kappa shape index (κ2) is 7.21. The first kappa shape index (κ1) is 13.9. The zero-order valence-electron chi connectivity index (χ0n) is 10.4. The monoisotopic (exact) mass is 202 g/mol. The maximum atomic E-state index is 5.44. The summed E-state index contributed by atoms with van der Waals surface area (Å²) >= 11 is 0. The largest absolute Gasteiger partial charge is 0.377 e. The average molecular weight is 202 g/mol. The molecular formula is C11H26N2O. The van der Waals surface area contributed by atoms with E-state index < -0.39 is 0 Å². The molecule has 3 nitrogen and oxygen atoms in total. The zero-order chi connectivity index (χ0) is 11.0. The average Bonchev–Trinajstić information content (AvgIpc) is 2.16. The summed E-state index contributed by atoms with van der Waals surface area (Å²) in [5.74, 6) is 0. The van der Waals surface area contributed by atoms with Crippen molar-refractivity contribution in [3.63, 3.8) is 0 Å². The smallest absolute Gasteiger partial charge is 0.0771 e. The maximum Gasteiger partial charge on any atom is 0.0771 e. The van der Waals surface area contributed by atoms with Gasteiger partial charge in [0, 0.05) is 13.7 Å². The third-order valence-corrected chi connectivity index (χ3v) is 2.70. The van der Waals surface area contributed by atoms with Crippen molar-refractivity contribution in [1.29, 1.82) is 0 Å². The lowest BCUT2D eigenvalue weighted by atomic mass is 10.0. The van der Waals surface area contributed by atoms with Crippen LogP contribution < -0.4 is 5.32 Å². The van der Waals surface area contributed by atoms with E-state index in [0.29, 0.717) is 0 Å². The zero-order valence-corrected chi connectivity index (χ0v) is 10.4. The second-order valence-electron chi connectivity index (χ2n) is 4.34. The minimum atomic E-state index is -0.00187. The number of ether oxygens (including phenoxy) is 1. The molecule has 86 valence electrons. The molecule has 0 saturated carbocycles. The fourth-order valence-electron chi connectivity index (χ4n) is 1.21. The summed E-state index contributed by atoms with van der Waals surface area (Å²) in [6.07, 6.45) is 2.24. The lowest BCUT2D eigenvalue weighted by molar-refractivity contribution is 0.00378. The van der Waals surface area contributed by atoms with Crippen molar-refractivity contribution in [3.05, 3.63) is 0 Å². The van der Waals surface area contributed by atoms with Crippen LogP contribution in [-0.4, -0.2) is 51.3 Å². The van der Waals surface area contributed by atoms with Gasteiger partial charge in [0.15, 0.2) is 0 Å². The predicted molar refractivity (Wildman–Crippen MR) is 61.7 cm³/mol. The normalized spacial score (nSPS) is 15.9.